The van der Waals surface area contributed by atoms with E-state index in [0.29, 0.717) is 32.3 Å². The summed E-state index contributed by atoms with van der Waals surface area (Å²) in [6.45, 7) is 0.721. The summed E-state index contributed by atoms with van der Waals surface area (Å²) in [5.41, 5.74) is 1.82. The van der Waals surface area contributed by atoms with Crippen LogP contribution < -0.4 is 5.32 Å². The highest BCUT2D eigenvalue weighted by atomic mass is 35.6. The molecule has 0 unspecified atom stereocenters. The SMILES string of the molecule is COC(=O)CCCCCO[C@@H]1O[C@H](COCc2ccccc2)[C@@H](O)[C@H](OCc2ccccc2)[C@H]1NC(=O)C(Cl)(Cl)Cl. The summed E-state index contributed by atoms with van der Waals surface area (Å²) >= 11 is 17.5. The predicted octanol–water partition coefficient (Wildman–Crippen LogP) is 4.48. The second-order valence-electron chi connectivity index (χ2n) is 9.55. The standard InChI is InChI=1S/C29H36Cl3NO8/c1-37-23(34)15-9-4-10-16-39-27-24(33-28(36)29(30,31)32)26(40-18-21-13-7-3-8-14-21)25(35)22(41-27)19-38-17-20-11-5-2-6-12-20/h2-3,5-8,11-14,22,24-27,35H,4,9-10,15-19H2,1H3,(H,33,36)/t22-,24-,25-,26-,27-/m1/s1. The molecule has 0 aliphatic carbocycles. The molecular weight excluding hydrogens is 597 g/mol. The number of carbonyl (C=O) groups is 2. The molecule has 0 bridgehead atoms. The van der Waals surface area contributed by atoms with E-state index in [-0.39, 0.29) is 25.8 Å². The van der Waals surface area contributed by atoms with Crippen LogP contribution in [-0.2, 0) is 46.5 Å². The molecule has 1 fully saturated rings. The average molecular weight is 633 g/mol. The van der Waals surface area contributed by atoms with Crippen LogP contribution >= 0.6 is 34.8 Å². The number of hydrogen-bond donors (Lipinski definition) is 2. The van der Waals surface area contributed by atoms with Gasteiger partial charge in [0, 0.05) is 13.0 Å². The van der Waals surface area contributed by atoms with Gasteiger partial charge < -0.3 is 34.1 Å². The molecule has 1 amide bonds. The number of aliphatic hydroxyl groups excluding tert-OH is 1. The van der Waals surface area contributed by atoms with Crippen molar-refractivity contribution in [2.24, 2.45) is 0 Å². The maximum Gasteiger partial charge on any atom is 0.305 e. The quantitative estimate of drug-likeness (QED) is 0.168. The predicted molar refractivity (Wildman–Crippen MR) is 154 cm³/mol. The van der Waals surface area contributed by atoms with Crippen molar-refractivity contribution >= 4 is 46.7 Å². The second-order valence-corrected chi connectivity index (χ2v) is 11.8. The number of halogens is 3. The Morgan fingerprint density at radius 2 is 1.56 bits per heavy atom. The Balaban J connectivity index is 1.74. The topological polar surface area (TPSA) is 113 Å². The van der Waals surface area contributed by atoms with Crippen LogP contribution in [0.4, 0.5) is 0 Å². The van der Waals surface area contributed by atoms with Gasteiger partial charge in [-0.15, -0.1) is 0 Å². The third kappa shape index (κ3) is 11.3. The lowest BCUT2D eigenvalue weighted by Crippen LogP contribution is -2.66. The lowest BCUT2D eigenvalue weighted by Gasteiger charge is -2.44. The van der Waals surface area contributed by atoms with Gasteiger partial charge in [0.25, 0.3) is 9.70 Å². The summed E-state index contributed by atoms with van der Waals surface area (Å²) < 4.78 is 26.6. The zero-order valence-electron chi connectivity index (χ0n) is 22.8. The van der Waals surface area contributed by atoms with E-state index in [4.69, 9.17) is 53.8 Å². The van der Waals surface area contributed by atoms with Gasteiger partial charge in [0.1, 0.15) is 24.4 Å². The van der Waals surface area contributed by atoms with Gasteiger partial charge in [0.05, 0.1) is 26.9 Å². The molecule has 2 aromatic rings. The molecule has 0 aromatic heterocycles. The largest absolute Gasteiger partial charge is 0.469 e. The van der Waals surface area contributed by atoms with E-state index in [0.717, 1.165) is 11.1 Å². The summed E-state index contributed by atoms with van der Waals surface area (Å²) in [4.78, 5) is 24.1. The average Bonchev–Trinajstić information content (AvgIpc) is 2.96. The Morgan fingerprint density at radius 1 is 0.927 bits per heavy atom. The highest BCUT2D eigenvalue weighted by Crippen LogP contribution is 2.30. The smallest absolute Gasteiger partial charge is 0.305 e. The maximum absolute atomic E-state index is 12.7. The van der Waals surface area contributed by atoms with Crippen LogP contribution in [0.1, 0.15) is 36.8 Å². The second kappa shape index (κ2) is 17.2. The van der Waals surface area contributed by atoms with E-state index < -0.39 is 40.3 Å². The van der Waals surface area contributed by atoms with Crippen LogP contribution in [0, 0.1) is 0 Å². The van der Waals surface area contributed by atoms with Gasteiger partial charge in [0.15, 0.2) is 6.29 Å². The number of amides is 1. The summed E-state index contributed by atoms with van der Waals surface area (Å²) in [7, 11) is 1.35. The first-order valence-electron chi connectivity index (χ1n) is 13.4. The zero-order valence-corrected chi connectivity index (χ0v) is 25.0. The highest BCUT2D eigenvalue weighted by Gasteiger charge is 2.49. The Bertz CT molecular complexity index is 1060. The van der Waals surface area contributed by atoms with Crippen molar-refractivity contribution in [1.82, 2.24) is 5.32 Å². The third-order valence-corrected chi connectivity index (χ3v) is 6.96. The molecule has 12 heteroatoms. The number of carbonyl (C=O) groups excluding carboxylic acids is 2. The van der Waals surface area contributed by atoms with Crippen LogP contribution in [0.25, 0.3) is 0 Å². The van der Waals surface area contributed by atoms with E-state index >= 15 is 0 Å². The number of esters is 1. The minimum Gasteiger partial charge on any atom is -0.469 e. The molecule has 2 N–H and O–H groups in total. The first-order chi connectivity index (χ1) is 19.7. The lowest BCUT2D eigenvalue weighted by molar-refractivity contribution is -0.281. The van der Waals surface area contributed by atoms with Crippen molar-refractivity contribution in [2.75, 3.05) is 20.3 Å². The van der Waals surface area contributed by atoms with Gasteiger partial charge >= 0.3 is 5.97 Å². The maximum atomic E-state index is 12.7. The van der Waals surface area contributed by atoms with Crippen molar-refractivity contribution in [3.8, 4) is 0 Å². The Labute approximate surface area is 255 Å². The number of aliphatic hydroxyl groups is 1. The van der Waals surface area contributed by atoms with Gasteiger partial charge in [-0.05, 0) is 24.0 Å². The summed E-state index contributed by atoms with van der Waals surface area (Å²) in [6.07, 6.45) is -1.86. The van der Waals surface area contributed by atoms with Crippen molar-refractivity contribution < 1.29 is 38.4 Å². The van der Waals surface area contributed by atoms with E-state index in [9.17, 15) is 14.7 Å². The van der Waals surface area contributed by atoms with Gasteiger partial charge in [-0.25, -0.2) is 0 Å². The summed E-state index contributed by atoms with van der Waals surface area (Å²) in [5.74, 6) is -1.19. The Hall–Kier alpha value is -1.95. The van der Waals surface area contributed by atoms with E-state index in [1.165, 1.54) is 7.11 Å². The van der Waals surface area contributed by atoms with Gasteiger partial charge in [-0.1, -0.05) is 102 Å². The van der Waals surface area contributed by atoms with Gasteiger partial charge in [-0.3, -0.25) is 9.59 Å². The third-order valence-electron chi connectivity index (χ3n) is 6.44. The fourth-order valence-electron chi connectivity index (χ4n) is 4.27. The van der Waals surface area contributed by atoms with Gasteiger partial charge in [0.2, 0.25) is 0 Å². The monoisotopic (exact) mass is 631 g/mol. The minimum absolute atomic E-state index is 0.0331. The van der Waals surface area contributed by atoms with Crippen LogP contribution in [0.5, 0.6) is 0 Å². The molecule has 5 atom stereocenters. The molecule has 3 rings (SSSR count). The van der Waals surface area contributed by atoms with Crippen LogP contribution in [-0.4, -0.2) is 71.7 Å². The number of ether oxygens (including phenoxy) is 5. The van der Waals surface area contributed by atoms with Crippen molar-refractivity contribution in [3.05, 3.63) is 71.8 Å². The molecule has 1 saturated heterocycles. The van der Waals surface area contributed by atoms with E-state index in [2.05, 4.69) is 10.1 Å². The summed E-state index contributed by atoms with van der Waals surface area (Å²) in [6, 6.07) is 17.9. The number of methoxy groups -OCH3 is 1. The number of hydrogen-bond acceptors (Lipinski definition) is 8. The van der Waals surface area contributed by atoms with Crippen LogP contribution in [0.2, 0.25) is 0 Å². The van der Waals surface area contributed by atoms with E-state index in [1.807, 2.05) is 60.7 Å². The molecule has 9 nitrogen and oxygen atoms in total. The summed E-state index contributed by atoms with van der Waals surface area (Å²) in [5, 5.41) is 14.0. The number of benzene rings is 2. The molecule has 0 spiro atoms. The molecule has 2 aromatic carbocycles. The molecule has 1 heterocycles. The molecule has 1 aliphatic rings. The molecule has 0 saturated carbocycles. The zero-order chi connectivity index (χ0) is 29.7. The Kier molecular flexibility index (Phi) is 14.1. The highest BCUT2D eigenvalue weighted by molar-refractivity contribution is 6.76. The lowest BCUT2D eigenvalue weighted by atomic mass is 9.96. The molecule has 1 aliphatic heterocycles. The minimum atomic E-state index is -2.26. The normalized spacial score (nSPS) is 22.7. The van der Waals surface area contributed by atoms with E-state index in [1.54, 1.807) is 0 Å². The Morgan fingerprint density at radius 3 is 2.17 bits per heavy atom. The van der Waals surface area contributed by atoms with Crippen molar-refractivity contribution in [1.29, 1.82) is 0 Å². The van der Waals surface area contributed by atoms with Crippen molar-refractivity contribution in [3.63, 3.8) is 0 Å². The van der Waals surface area contributed by atoms with Gasteiger partial charge in [-0.2, -0.15) is 0 Å². The number of rotatable bonds is 15. The number of nitrogens with one attached hydrogen (secondary N) is 1. The molecule has 226 valence electrons. The number of alkyl halides is 3. The molecule has 0 radical (unpaired) electrons. The fraction of sp³-hybridized carbons (Fsp3) is 0.517. The molecular formula is C29H36Cl3NO8. The van der Waals surface area contributed by atoms with Crippen LogP contribution in [0.15, 0.2) is 60.7 Å². The fourth-order valence-corrected chi connectivity index (χ4v) is 4.43. The van der Waals surface area contributed by atoms with Crippen molar-refractivity contribution in [2.45, 2.75) is 73.3 Å². The first kappa shape index (κ1) is 33.6. The number of unbranched alkanes of at least 4 members (excludes halogenated alkanes) is 2. The molecule has 41 heavy (non-hydrogen) atoms. The first-order valence-corrected chi connectivity index (χ1v) is 14.5. The van der Waals surface area contributed by atoms with Crippen LogP contribution in [0.3, 0.4) is 0 Å².